The molecule has 0 aliphatic rings. The topological polar surface area (TPSA) is 37.8 Å². The Bertz CT molecular complexity index is 521. The van der Waals surface area contributed by atoms with Crippen LogP contribution in [-0.2, 0) is 0 Å². The summed E-state index contributed by atoms with van der Waals surface area (Å²) in [6.07, 6.45) is 1.12. The van der Waals surface area contributed by atoms with E-state index in [0.29, 0.717) is 5.28 Å². The number of rotatable bonds is 4. The number of hydrogen-bond donors (Lipinski definition) is 1. The van der Waals surface area contributed by atoms with Gasteiger partial charge in [-0.15, -0.1) is 11.3 Å². The Balaban J connectivity index is 2.26. The van der Waals surface area contributed by atoms with E-state index in [4.69, 9.17) is 11.6 Å². The molecule has 0 atom stereocenters. The van der Waals surface area contributed by atoms with Gasteiger partial charge in [0, 0.05) is 6.54 Å². The number of anilines is 1. The molecule has 0 bridgehead atoms. The molecule has 0 spiro atoms. The van der Waals surface area contributed by atoms with E-state index in [9.17, 15) is 0 Å². The lowest BCUT2D eigenvalue weighted by atomic mass is 9.90. The van der Waals surface area contributed by atoms with Crippen LogP contribution in [0, 0.1) is 5.41 Å². The summed E-state index contributed by atoms with van der Waals surface area (Å²) in [5, 5.41) is 6.73. The summed E-state index contributed by atoms with van der Waals surface area (Å²) in [7, 11) is 0. The van der Waals surface area contributed by atoms with E-state index >= 15 is 0 Å². The van der Waals surface area contributed by atoms with Crippen LogP contribution in [0.1, 0.15) is 27.2 Å². The largest absolute Gasteiger partial charge is 0.369 e. The molecule has 0 aliphatic carbocycles. The Morgan fingerprint density at radius 2 is 2.18 bits per heavy atom. The molecule has 2 rings (SSSR count). The molecular formula is C12H16ClN3S. The molecule has 1 N–H and O–H groups in total. The molecule has 0 saturated carbocycles. The molecule has 5 heteroatoms. The van der Waals surface area contributed by atoms with Crippen LogP contribution in [0.3, 0.4) is 0 Å². The van der Waals surface area contributed by atoms with Gasteiger partial charge in [-0.05, 0) is 34.9 Å². The van der Waals surface area contributed by atoms with E-state index in [0.717, 1.165) is 29.0 Å². The summed E-state index contributed by atoms with van der Waals surface area (Å²) < 4.78 is 0. The first-order chi connectivity index (χ1) is 8.02. The minimum Gasteiger partial charge on any atom is -0.369 e. The lowest BCUT2D eigenvalue weighted by molar-refractivity contribution is 0.376. The van der Waals surface area contributed by atoms with Crippen molar-refractivity contribution >= 4 is 39.0 Å². The maximum Gasteiger partial charge on any atom is 0.225 e. The van der Waals surface area contributed by atoms with Crippen LogP contribution < -0.4 is 5.32 Å². The Morgan fingerprint density at radius 3 is 2.88 bits per heavy atom. The van der Waals surface area contributed by atoms with Gasteiger partial charge in [0.15, 0.2) is 0 Å². The van der Waals surface area contributed by atoms with Gasteiger partial charge in [-0.3, -0.25) is 0 Å². The Morgan fingerprint density at radius 1 is 1.41 bits per heavy atom. The minimum absolute atomic E-state index is 0.250. The highest BCUT2D eigenvalue weighted by Gasteiger charge is 2.16. The van der Waals surface area contributed by atoms with Crippen LogP contribution in [0.15, 0.2) is 11.4 Å². The summed E-state index contributed by atoms with van der Waals surface area (Å²) in [4.78, 5) is 9.39. The molecule has 0 aliphatic heterocycles. The van der Waals surface area contributed by atoms with Gasteiger partial charge >= 0.3 is 0 Å². The second-order valence-corrected chi connectivity index (χ2v) is 6.08. The third-order valence-electron chi connectivity index (χ3n) is 2.99. The molecule has 3 nitrogen and oxygen atoms in total. The van der Waals surface area contributed by atoms with Crippen molar-refractivity contribution in [2.45, 2.75) is 27.2 Å². The number of nitrogens with zero attached hydrogens (tertiary/aromatic N) is 2. The van der Waals surface area contributed by atoms with Gasteiger partial charge in [0.1, 0.15) is 10.6 Å². The average Bonchev–Trinajstić information content (AvgIpc) is 2.73. The molecule has 0 amide bonds. The number of fused-ring (bicyclic) bond motifs is 1. The van der Waals surface area contributed by atoms with Crippen molar-refractivity contribution in [3.05, 3.63) is 16.7 Å². The van der Waals surface area contributed by atoms with Crippen LogP contribution in [0.4, 0.5) is 5.82 Å². The second-order valence-electron chi connectivity index (χ2n) is 4.85. The highest BCUT2D eigenvalue weighted by molar-refractivity contribution is 7.16. The molecule has 2 aromatic heterocycles. The fourth-order valence-corrected chi connectivity index (χ4v) is 2.40. The minimum atomic E-state index is 0.250. The van der Waals surface area contributed by atoms with Gasteiger partial charge in [-0.25, -0.2) is 9.97 Å². The van der Waals surface area contributed by atoms with Crippen molar-refractivity contribution in [2.24, 2.45) is 5.41 Å². The van der Waals surface area contributed by atoms with Crippen molar-refractivity contribution in [2.75, 3.05) is 11.9 Å². The van der Waals surface area contributed by atoms with Crippen molar-refractivity contribution in [1.82, 2.24) is 9.97 Å². The fourth-order valence-electron chi connectivity index (χ4n) is 1.41. The highest BCUT2D eigenvalue weighted by Crippen LogP contribution is 2.28. The predicted molar refractivity (Wildman–Crippen MR) is 75.0 cm³/mol. The van der Waals surface area contributed by atoms with Gasteiger partial charge in [0.2, 0.25) is 5.28 Å². The maximum atomic E-state index is 5.91. The number of nitrogens with one attached hydrogen (secondary N) is 1. The summed E-state index contributed by atoms with van der Waals surface area (Å²) in [5.74, 6) is 0.836. The smallest absolute Gasteiger partial charge is 0.225 e. The van der Waals surface area contributed by atoms with Gasteiger partial charge in [0.05, 0.1) is 5.39 Å². The summed E-state index contributed by atoms with van der Waals surface area (Å²) in [6.45, 7) is 7.53. The zero-order valence-electron chi connectivity index (χ0n) is 10.2. The summed E-state index contributed by atoms with van der Waals surface area (Å²) in [5.41, 5.74) is 0.250. The Labute approximate surface area is 110 Å². The Kier molecular flexibility index (Phi) is 3.54. The van der Waals surface area contributed by atoms with Crippen LogP contribution in [-0.4, -0.2) is 16.5 Å². The van der Waals surface area contributed by atoms with Crippen molar-refractivity contribution in [1.29, 1.82) is 0 Å². The standard InChI is InChI=1S/C12H16ClN3S/c1-4-12(2,3)7-14-9-8-5-6-17-10(8)16-11(13)15-9/h5-6H,4,7H2,1-3H3,(H,14,15,16). The lowest BCUT2D eigenvalue weighted by Gasteiger charge is -2.23. The van der Waals surface area contributed by atoms with Crippen LogP contribution in [0.2, 0.25) is 5.28 Å². The van der Waals surface area contributed by atoms with E-state index < -0.39 is 0 Å². The summed E-state index contributed by atoms with van der Waals surface area (Å²) in [6, 6.07) is 2.03. The quantitative estimate of drug-likeness (QED) is 0.846. The SMILES string of the molecule is CCC(C)(C)CNc1nc(Cl)nc2sccc12. The fraction of sp³-hybridized carbons (Fsp3) is 0.500. The zero-order chi connectivity index (χ0) is 12.5. The maximum absolute atomic E-state index is 5.91. The third-order valence-corrected chi connectivity index (χ3v) is 3.96. The van der Waals surface area contributed by atoms with Crippen LogP contribution >= 0.6 is 22.9 Å². The average molecular weight is 270 g/mol. The number of aromatic nitrogens is 2. The molecule has 0 fully saturated rings. The van der Waals surface area contributed by atoms with Crippen LogP contribution in [0.5, 0.6) is 0 Å². The van der Waals surface area contributed by atoms with E-state index in [1.165, 1.54) is 0 Å². The highest BCUT2D eigenvalue weighted by atomic mass is 35.5. The lowest BCUT2D eigenvalue weighted by Crippen LogP contribution is -2.22. The molecular weight excluding hydrogens is 254 g/mol. The van der Waals surface area contributed by atoms with Crippen molar-refractivity contribution in [3.63, 3.8) is 0 Å². The van der Waals surface area contributed by atoms with Crippen molar-refractivity contribution in [3.8, 4) is 0 Å². The number of thiophene rings is 1. The zero-order valence-corrected chi connectivity index (χ0v) is 11.8. The normalized spacial score (nSPS) is 12.0. The first kappa shape index (κ1) is 12.6. The first-order valence-electron chi connectivity index (χ1n) is 5.66. The van der Waals surface area contributed by atoms with Gasteiger partial charge < -0.3 is 5.32 Å². The van der Waals surface area contributed by atoms with E-state index in [1.54, 1.807) is 11.3 Å². The molecule has 0 aromatic carbocycles. The summed E-state index contributed by atoms with van der Waals surface area (Å²) >= 11 is 7.49. The third kappa shape index (κ3) is 2.87. The molecule has 2 aromatic rings. The Hall–Kier alpha value is -0.870. The van der Waals surface area contributed by atoms with Gasteiger partial charge in [-0.2, -0.15) is 0 Å². The van der Waals surface area contributed by atoms with Gasteiger partial charge in [-0.1, -0.05) is 20.8 Å². The monoisotopic (exact) mass is 269 g/mol. The molecule has 92 valence electrons. The number of hydrogen-bond acceptors (Lipinski definition) is 4. The number of halogens is 1. The predicted octanol–water partition coefficient (Wildman–Crippen LogP) is 4.19. The van der Waals surface area contributed by atoms with Crippen molar-refractivity contribution < 1.29 is 0 Å². The second kappa shape index (κ2) is 4.78. The molecule has 17 heavy (non-hydrogen) atoms. The van der Waals surface area contributed by atoms with E-state index in [2.05, 4.69) is 36.1 Å². The van der Waals surface area contributed by atoms with Gasteiger partial charge in [0.25, 0.3) is 0 Å². The molecule has 2 heterocycles. The van der Waals surface area contributed by atoms with E-state index in [-0.39, 0.29) is 5.41 Å². The molecule has 0 unspecified atom stereocenters. The first-order valence-corrected chi connectivity index (χ1v) is 6.92. The molecule has 0 saturated heterocycles. The van der Waals surface area contributed by atoms with Crippen LogP contribution in [0.25, 0.3) is 10.2 Å². The molecule has 0 radical (unpaired) electrons. The van der Waals surface area contributed by atoms with E-state index in [1.807, 2.05) is 11.4 Å².